The van der Waals surface area contributed by atoms with E-state index in [1.807, 2.05) is 19.1 Å². The van der Waals surface area contributed by atoms with E-state index in [-0.39, 0.29) is 18.1 Å². The number of nitrogens with one attached hydrogen (secondary N) is 1. The van der Waals surface area contributed by atoms with Crippen LogP contribution in [0, 0.1) is 6.92 Å². The average molecular weight is 325 g/mol. The third-order valence-electron chi connectivity index (χ3n) is 4.08. The number of hydrogen-bond acceptors (Lipinski definition) is 3. The molecule has 1 amide bonds. The van der Waals surface area contributed by atoms with Crippen LogP contribution in [0.1, 0.15) is 35.2 Å². The quantitative estimate of drug-likeness (QED) is 0.821. The van der Waals surface area contributed by atoms with Gasteiger partial charge in [-0.1, -0.05) is 15.9 Å². The average Bonchev–Trinajstić information content (AvgIpc) is 2.95. The van der Waals surface area contributed by atoms with Crippen molar-refractivity contribution in [3.05, 3.63) is 27.7 Å². The third-order valence-corrected chi connectivity index (χ3v) is 4.54. The molecular formula is C14H17BrN2O2. The molecule has 0 aromatic heterocycles. The minimum atomic E-state index is -0.0633. The van der Waals surface area contributed by atoms with E-state index in [4.69, 9.17) is 10.5 Å². The van der Waals surface area contributed by atoms with Gasteiger partial charge in [0.15, 0.2) is 0 Å². The second-order valence-electron chi connectivity index (χ2n) is 5.36. The highest BCUT2D eigenvalue weighted by molar-refractivity contribution is 9.10. The van der Waals surface area contributed by atoms with Crippen LogP contribution in [-0.2, 0) is 4.74 Å². The number of halogens is 1. The Morgan fingerprint density at radius 1 is 1.47 bits per heavy atom. The Hall–Kier alpha value is -1.07. The fraction of sp³-hybridized carbons (Fsp3) is 0.500. The van der Waals surface area contributed by atoms with Gasteiger partial charge in [-0.25, -0.2) is 0 Å². The van der Waals surface area contributed by atoms with Crippen molar-refractivity contribution in [2.45, 2.75) is 44.4 Å². The van der Waals surface area contributed by atoms with Crippen LogP contribution < -0.4 is 11.1 Å². The molecule has 0 spiro atoms. The molecule has 2 aliphatic heterocycles. The summed E-state index contributed by atoms with van der Waals surface area (Å²) in [7, 11) is 0. The van der Waals surface area contributed by atoms with Gasteiger partial charge in [0, 0.05) is 15.7 Å². The van der Waals surface area contributed by atoms with Gasteiger partial charge in [0.05, 0.1) is 18.2 Å². The number of nitrogen functional groups attached to an aromatic ring is 1. The Balaban J connectivity index is 1.77. The Kier molecular flexibility index (Phi) is 3.27. The van der Waals surface area contributed by atoms with Crippen LogP contribution in [0.25, 0.3) is 0 Å². The summed E-state index contributed by atoms with van der Waals surface area (Å²) in [4.78, 5) is 12.4. The van der Waals surface area contributed by atoms with E-state index in [1.54, 1.807) is 0 Å². The van der Waals surface area contributed by atoms with E-state index in [2.05, 4.69) is 21.2 Å². The maximum atomic E-state index is 12.4. The van der Waals surface area contributed by atoms with E-state index in [9.17, 15) is 4.79 Å². The van der Waals surface area contributed by atoms with Crippen LogP contribution in [0.3, 0.4) is 0 Å². The summed E-state index contributed by atoms with van der Waals surface area (Å²) in [6, 6.07) is 3.77. The topological polar surface area (TPSA) is 64.4 Å². The summed E-state index contributed by atoms with van der Waals surface area (Å²) in [6.45, 7) is 1.87. The number of anilines is 1. The molecule has 1 aromatic carbocycles. The molecule has 2 aliphatic rings. The van der Waals surface area contributed by atoms with Crippen molar-refractivity contribution in [1.82, 2.24) is 5.32 Å². The summed E-state index contributed by atoms with van der Waals surface area (Å²) in [5.41, 5.74) is 7.98. The molecule has 3 N–H and O–H groups in total. The number of benzene rings is 1. The molecule has 102 valence electrons. The smallest absolute Gasteiger partial charge is 0.251 e. The molecule has 2 fully saturated rings. The van der Waals surface area contributed by atoms with Crippen molar-refractivity contribution < 1.29 is 9.53 Å². The zero-order valence-electron chi connectivity index (χ0n) is 10.8. The van der Waals surface area contributed by atoms with Crippen molar-refractivity contribution in [2.24, 2.45) is 0 Å². The largest absolute Gasteiger partial charge is 0.398 e. The molecule has 2 saturated heterocycles. The Labute approximate surface area is 120 Å². The molecule has 19 heavy (non-hydrogen) atoms. The van der Waals surface area contributed by atoms with Crippen LogP contribution in [0.5, 0.6) is 0 Å². The molecule has 3 rings (SSSR count). The van der Waals surface area contributed by atoms with Crippen LogP contribution in [-0.4, -0.2) is 24.2 Å². The molecule has 3 unspecified atom stereocenters. The van der Waals surface area contributed by atoms with Crippen LogP contribution in [0.15, 0.2) is 16.6 Å². The van der Waals surface area contributed by atoms with Crippen molar-refractivity contribution in [2.75, 3.05) is 5.73 Å². The van der Waals surface area contributed by atoms with Crippen LogP contribution in [0.2, 0.25) is 0 Å². The highest BCUT2D eigenvalue weighted by Crippen LogP contribution is 2.34. The molecular weight excluding hydrogens is 308 g/mol. The lowest BCUT2D eigenvalue weighted by Crippen LogP contribution is -2.41. The van der Waals surface area contributed by atoms with Gasteiger partial charge in [0.1, 0.15) is 0 Å². The molecule has 0 aliphatic carbocycles. The van der Waals surface area contributed by atoms with Crippen molar-refractivity contribution in [3.8, 4) is 0 Å². The van der Waals surface area contributed by atoms with Crippen LogP contribution in [0.4, 0.5) is 5.69 Å². The monoisotopic (exact) mass is 324 g/mol. The summed E-state index contributed by atoms with van der Waals surface area (Å²) in [6.07, 6.45) is 3.64. The second-order valence-corrected chi connectivity index (χ2v) is 6.27. The van der Waals surface area contributed by atoms with E-state index in [0.717, 1.165) is 29.3 Å². The van der Waals surface area contributed by atoms with Gasteiger partial charge in [0.25, 0.3) is 5.91 Å². The standard InChI is InChI=1S/C14H17BrN2O2/c1-7-10(4-8(15)5-11(7)16)14(18)17-12-6-9-2-3-13(12)19-9/h4-5,9,12-13H,2-3,6,16H2,1H3,(H,17,18). The van der Waals surface area contributed by atoms with Crippen LogP contribution >= 0.6 is 15.9 Å². The number of hydrogen-bond donors (Lipinski definition) is 2. The maximum Gasteiger partial charge on any atom is 0.251 e. The highest BCUT2D eigenvalue weighted by Gasteiger charge is 2.41. The SMILES string of the molecule is Cc1c(N)cc(Br)cc1C(=O)NC1CC2CCC1O2. The highest BCUT2D eigenvalue weighted by atomic mass is 79.9. The van der Waals surface area contributed by atoms with E-state index in [1.165, 1.54) is 0 Å². The molecule has 2 heterocycles. The number of carbonyl (C=O) groups is 1. The fourth-order valence-corrected chi connectivity index (χ4v) is 3.45. The summed E-state index contributed by atoms with van der Waals surface area (Å²) in [5, 5.41) is 3.08. The number of rotatable bonds is 2. The van der Waals surface area contributed by atoms with Gasteiger partial charge >= 0.3 is 0 Å². The first-order chi connectivity index (χ1) is 9.04. The zero-order chi connectivity index (χ0) is 13.6. The predicted octanol–water partition coefficient (Wildman–Crippen LogP) is 2.39. The van der Waals surface area contributed by atoms with Gasteiger partial charge in [-0.3, -0.25) is 4.79 Å². The van der Waals surface area contributed by atoms with Crippen molar-refractivity contribution >= 4 is 27.5 Å². The minimum Gasteiger partial charge on any atom is -0.398 e. The van der Waals surface area contributed by atoms with Gasteiger partial charge in [-0.2, -0.15) is 0 Å². The van der Waals surface area contributed by atoms with Crippen molar-refractivity contribution in [1.29, 1.82) is 0 Å². The first-order valence-electron chi connectivity index (χ1n) is 6.56. The van der Waals surface area contributed by atoms with E-state index < -0.39 is 0 Å². The molecule has 3 atom stereocenters. The Morgan fingerprint density at radius 3 is 2.89 bits per heavy atom. The van der Waals surface area contributed by atoms with Crippen molar-refractivity contribution in [3.63, 3.8) is 0 Å². The molecule has 5 heteroatoms. The number of ether oxygens (including phenoxy) is 1. The molecule has 0 radical (unpaired) electrons. The van der Waals surface area contributed by atoms with Gasteiger partial charge < -0.3 is 15.8 Å². The van der Waals surface area contributed by atoms with Gasteiger partial charge in [0.2, 0.25) is 0 Å². The number of fused-ring (bicyclic) bond motifs is 2. The normalized spacial score (nSPS) is 28.6. The lowest BCUT2D eigenvalue weighted by Gasteiger charge is -2.21. The first-order valence-corrected chi connectivity index (χ1v) is 7.36. The van der Waals surface area contributed by atoms with E-state index in [0.29, 0.717) is 17.4 Å². The lowest BCUT2D eigenvalue weighted by atomic mass is 9.95. The Morgan fingerprint density at radius 2 is 2.26 bits per heavy atom. The summed E-state index contributed by atoms with van der Waals surface area (Å²) < 4.78 is 6.57. The third kappa shape index (κ3) is 2.37. The molecule has 1 aromatic rings. The number of carbonyl (C=O) groups excluding carboxylic acids is 1. The van der Waals surface area contributed by atoms with Gasteiger partial charge in [-0.05, 0) is 43.9 Å². The zero-order valence-corrected chi connectivity index (χ0v) is 12.4. The number of nitrogens with two attached hydrogens (primary N) is 1. The Bertz CT molecular complexity index is 532. The summed E-state index contributed by atoms with van der Waals surface area (Å²) in [5.74, 6) is -0.0633. The lowest BCUT2D eigenvalue weighted by molar-refractivity contribution is 0.0840. The van der Waals surface area contributed by atoms with Gasteiger partial charge in [-0.15, -0.1) is 0 Å². The molecule has 2 bridgehead atoms. The first kappa shape index (κ1) is 12.9. The van der Waals surface area contributed by atoms with E-state index >= 15 is 0 Å². The second kappa shape index (κ2) is 4.80. The molecule has 0 saturated carbocycles. The minimum absolute atomic E-state index is 0.0633. The maximum absolute atomic E-state index is 12.4. The predicted molar refractivity (Wildman–Crippen MR) is 77.1 cm³/mol. The summed E-state index contributed by atoms with van der Waals surface area (Å²) >= 11 is 3.38. The fourth-order valence-electron chi connectivity index (χ4n) is 2.97. The number of amides is 1. The molecule has 4 nitrogen and oxygen atoms in total.